The monoisotopic (exact) mass is 264 g/mol. The summed E-state index contributed by atoms with van der Waals surface area (Å²) < 4.78 is 0. The van der Waals surface area contributed by atoms with Gasteiger partial charge in [0.1, 0.15) is 0 Å². The number of carbonyl (C=O) groups excluding carboxylic acids is 1. The van der Waals surface area contributed by atoms with Gasteiger partial charge >= 0.3 is 0 Å². The molecule has 3 saturated carbocycles. The van der Waals surface area contributed by atoms with Crippen molar-refractivity contribution in [1.82, 2.24) is 10.6 Å². The number of hydrogen-bond donors (Lipinski definition) is 2. The van der Waals surface area contributed by atoms with Gasteiger partial charge in [-0.3, -0.25) is 4.79 Å². The molecular formula is C16H28N2O. The standard InChI is InChI=1S/C16H28N2O/c1-15(2)12-6-7-16(15,3)13(8-12)18-14(19)10-17-9-11-4-5-11/h11-13,17H,4-10H2,1-3H3,(H,18,19). The maximum Gasteiger partial charge on any atom is 0.234 e. The van der Waals surface area contributed by atoms with Crippen LogP contribution in [-0.2, 0) is 4.79 Å². The SMILES string of the molecule is CC1(C)C2CCC1(C)C(NC(=O)CNCC1CC1)C2. The molecule has 0 spiro atoms. The highest BCUT2D eigenvalue weighted by molar-refractivity contribution is 5.78. The molecule has 0 saturated heterocycles. The number of fused-ring (bicyclic) bond motifs is 2. The van der Waals surface area contributed by atoms with Gasteiger partial charge in [-0.15, -0.1) is 0 Å². The lowest BCUT2D eigenvalue weighted by Gasteiger charge is -2.39. The first-order valence-electron chi connectivity index (χ1n) is 7.93. The van der Waals surface area contributed by atoms with Crippen LogP contribution in [0.25, 0.3) is 0 Å². The quantitative estimate of drug-likeness (QED) is 0.800. The van der Waals surface area contributed by atoms with E-state index in [0.717, 1.165) is 18.4 Å². The molecule has 3 aliphatic rings. The molecule has 3 aliphatic carbocycles. The average molecular weight is 264 g/mol. The molecule has 0 aromatic heterocycles. The number of carbonyl (C=O) groups is 1. The number of amides is 1. The summed E-state index contributed by atoms with van der Waals surface area (Å²) in [6.07, 6.45) is 6.47. The Morgan fingerprint density at radius 3 is 2.47 bits per heavy atom. The van der Waals surface area contributed by atoms with Crippen molar-refractivity contribution in [3.63, 3.8) is 0 Å². The smallest absolute Gasteiger partial charge is 0.234 e. The minimum atomic E-state index is 0.190. The third-order valence-corrected chi connectivity index (χ3v) is 6.54. The Morgan fingerprint density at radius 2 is 1.95 bits per heavy atom. The number of rotatable bonds is 5. The van der Waals surface area contributed by atoms with Crippen LogP contribution in [0.1, 0.15) is 52.9 Å². The fraction of sp³-hybridized carbons (Fsp3) is 0.938. The first kappa shape index (κ1) is 13.4. The van der Waals surface area contributed by atoms with Crippen molar-refractivity contribution in [2.24, 2.45) is 22.7 Å². The highest BCUT2D eigenvalue weighted by Gasteiger charge is 2.61. The molecule has 3 nitrogen and oxygen atoms in total. The Labute approximate surface area is 116 Å². The Hall–Kier alpha value is -0.570. The summed E-state index contributed by atoms with van der Waals surface area (Å²) in [7, 11) is 0. The fourth-order valence-corrected chi connectivity index (χ4v) is 4.38. The first-order valence-corrected chi connectivity index (χ1v) is 7.93. The predicted molar refractivity (Wildman–Crippen MR) is 76.8 cm³/mol. The summed E-state index contributed by atoms with van der Waals surface area (Å²) in [5, 5.41) is 6.59. The van der Waals surface area contributed by atoms with Gasteiger partial charge in [0.15, 0.2) is 0 Å². The number of hydrogen-bond acceptors (Lipinski definition) is 2. The fourth-order valence-electron chi connectivity index (χ4n) is 4.38. The van der Waals surface area contributed by atoms with Crippen molar-refractivity contribution >= 4 is 5.91 Å². The lowest BCUT2D eigenvalue weighted by molar-refractivity contribution is -0.122. The normalized spacial score (nSPS) is 39.5. The molecule has 3 fully saturated rings. The Bertz CT molecular complexity index is 375. The zero-order chi connectivity index (χ0) is 13.7. The van der Waals surface area contributed by atoms with Gasteiger partial charge in [-0.1, -0.05) is 20.8 Å². The van der Waals surface area contributed by atoms with Crippen molar-refractivity contribution in [2.45, 2.75) is 58.9 Å². The highest BCUT2D eigenvalue weighted by Crippen LogP contribution is 2.65. The second-order valence-electron chi connectivity index (χ2n) is 7.80. The van der Waals surface area contributed by atoms with Crippen molar-refractivity contribution in [1.29, 1.82) is 0 Å². The van der Waals surface area contributed by atoms with Crippen molar-refractivity contribution in [3.8, 4) is 0 Å². The van der Waals surface area contributed by atoms with E-state index in [2.05, 4.69) is 31.4 Å². The summed E-state index contributed by atoms with van der Waals surface area (Å²) in [6.45, 7) is 8.67. The van der Waals surface area contributed by atoms with E-state index in [0.29, 0.717) is 23.4 Å². The van der Waals surface area contributed by atoms with Gasteiger partial charge < -0.3 is 10.6 Å². The van der Waals surface area contributed by atoms with Gasteiger partial charge in [-0.25, -0.2) is 0 Å². The molecule has 0 radical (unpaired) electrons. The van der Waals surface area contributed by atoms with Gasteiger partial charge in [-0.05, 0) is 61.3 Å². The van der Waals surface area contributed by atoms with Crippen LogP contribution in [-0.4, -0.2) is 25.0 Å². The average Bonchev–Trinajstić information content (AvgIpc) is 3.09. The van der Waals surface area contributed by atoms with Gasteiger partial charge in [0.05, 0.1) is 6.54 Å². The summed E-state index contributed by atoms with van der Waals surface area (Å²) >= 11 is 0. The van der Waals surface area contributed by atoms with Crippen LogP contribution in [0.3, 0.4) is 0 Å². The molecule has 0 heterocycles. The van der Waals surface area contributed by atoms with Crippen LogP contribution < -0.4 is 10.6 Å². The van der Waals surface area contributed by atoms with E-state index in [1.807, 2.05) is 0 Å². The minimum Gasteiger partial charge on any atom is -0.352 e. The molecule has 3 atom stereocenters. The van der Waals surface area contributed by atoms with Gasteiger partial charge in [0.2, 0.25) is 5.91 Å². The highest BCUT2D eigenvalue weighted by atomic mass is 16.2. The summed E-state index contributed by atoms with van der Waals surface area (Å²) in [5.74, 6) is 1.82. The predicted octanol–water partition coefficient (Wildman–Crippen LogP) is 2.32. The van der Waals surface area contributed by atoms with E-state index in [9.17, 15) is 4.79 Å². The van der Waals surface area contributed by atoms with Crippen LogP contribution in [0.4, 0.5) is 0 Å². The molecule has 3 heteroatoms. The van der Waals surface area contributed by atoms with Crippen LogP contribution in [0, 0.1) is 22.7 Å². The first-order chi connectivity index (χ1) is 8.93. The maximum absolute atomic E-state index is 12.1. The summed E-state index contributed by atoms with van der Waals surface area (Å²) in [5.41, 5.74) is 0.677. The Kier molecular flexibility index (Phi) is 3.16. The molecule has 0 aromatic carbocycles. The van der Waals surface area contributed by atoms with Gasteiger partial charge in [0, 0.05) is 6.04 Å². The van der Waals surface area contributed by atoms with E-state index in [1.54, 1.807) is 0 Å². The molecule has 1 amide bonds. The van der Waals surface area contributed by atoms with Gasteiger partial charge in [0.25, 0.3) is 0 Å². The molecule has 0 aromatic rings. The summed E-state index contributed by atoms with van der Waals surface area (Å²) in [6, 6.07) is 0.386. The second kappa shape index (κ2) is 4.47. The molecule has 3 rings (SSSR count). The number of nitrogens with one attached hydrogen (secondary N) is 2. The van der Waals surface area contributed by atoms with Crippen LogP contribution in [0.5, 0.6) is 0 Å². The zero-order valence-electron chi connectivity index (χ0n) is 12.6. The Morgan fingerprint density at radius 1 is 1.21 bits per heavy atom. The molecule has 108 valence electrons. The van der Waals surface area contributed by atoms with Crippen molar-refractivity contribution in [3.05, 3.63) is 0 Å². The minimum absolute atomic E-state index is 0.190. The zero-order valence-corrected chi connectivity index (χ0v) is 12.6. The molecular weight excluding hydrogens is 236 g/mol. The molecule has 0 aliphatic heterocycles. The third kappa shape index (κ3) is 2.20. The largest absolute Gasteiger partial charge is 0.352 e. The van der Waals surface area contributed by atoms with E-state index in [-0.39, 0.29) is 5.91 Å². The molecule has 19 heavy (non-hydrogen) atoms. The maximum atomic E-state index is 12.1. The van der Waals surface area contributed by atoms with Crippen LogP contribution in [0.2, 0.25) is 0 Å². The van der Waals surface area contributed by atoms with E-state index in [1.165, 1.54) is 32.1 Å². The van der Waals surface area contributed by atoms with Crippen molar-refractivity contribution in [2.75, 3.05) is 13.1 Å². The lowest BCUT2D eigenvalue weighted by Crippen LogP contribution is -2.49. The second-order valence-corrected chi connectivity index (χ2v) is 7.80. The van der Waals surface area contributed by atoms with Crippen molar-refractivity contribution < 1.29 is 4.79 Å². The third-order valence-electron chi connectivity index (χ3n) is 6.54. The molecule has 2 bridgehead atoms. The molecule has 3 unspecified atom stereocenters. The Balaban J connectivity index is 1.51. The topological polar surface area (TPSA) is 41.1 Å². The van der Waals surface area contributed by atoms with Gasteiger partial charge in [-0.2, -0.15) is 0 Å². The van der Waals surface area contributed by atoms with E-state index >= 15 is 0 Å². The lowest BCUT2D eigenvalue weighted by atomic mass is 9.69. The van der Waals surface area contributed by atoms with E-state index < -0.39 is 0 Å². The van der Waals surface area contributed by atoms with Crippen LogP contribution in [0.15, 0.2) is 0 Å². The summed E-state index contributed by atoms with van der Waals surface area (Å²) in [4.78, 5) is 12.1. The van der Waals surface area contributed by atoms with E-state index in [4.69, 9.17) is 0 Å². The molecule has 2 N–H and O–H groups in total. The van der Waals surface area contributed by atoms with Crippen LogP contribution >= 0.6 is 0 Å².